The van der Waals surface area contributed by atoms with Crippen LogP contribution in [0.5, 0.6) is 0 Å². The summed E-state index contributed by atoms with van der Waals surface area (Å²) in [5.41, 5.74) is 0. The lowest BCUT2D eigenvalue weighted by Crippen LogP contribution is -2.44. The first-order valence-electron chi connectivity index (χ1n) is 9.42. The predicted octanol–water partition coefficient (Wildman–Crippen LogP) is 2.96. The van der Waals surface area contributed by atoms with Crippen LogP contribution in [0.3, 0.4) is 0 Å². The molecule has 3 N–H and O–H groups in total. The van der Waals surface area contributed by atoms with Crippen LogP contribution >= 0.6 is 0 Å². The number of guanidine groups is 1. The monoisotopic (exact) mass is 324 g/mol. The topological polar surface area (TPSA) is 65.5 Å². The van der Waals surface area contributed by atoms with Gasteiger partial charge in [0.05, 0.1) is 0 Å². The van der Waals surface area contributed by atoms with Gasteiger partial charge in [-0.3, -0.25) is 9.79 Å². The van der Waals surface area contributed by atoms with E-state index < -0.39 is 0 Å². The van der Waals surface area contributed by atoms with Crippen LogP contribution in [0.4, 0.5) is 0 Å². The standard InChI is InChI=1S/C18H36N4O/c1-4-5-7-10-15(2)21-18(19-3)20-14-13-17(23)22-16-11-8-6-9-12-16/h15-16H,4-14H2,1-3H3,(H,22,23)(H2,19,20,21). The molecule has 1 unspecified atom stereocenters. The molecule has 0 bridgehead atoms. The van der Waals surface area contributed by atoms with Gasteiger partial charge >= 0.3 is 0 Å². The molecule has 0 aromatic carbocycles. The van der Waals surface area contributed by atoms with E-state index in [4.69, 9.17) is 0 Å². The van der Waals surface area contributed by atoms with E-state index in [0.717, 1.165) is 25.2 Å². The van der Waals surface area contributed by atoms with Gasteiger partial charge in [-0.05, 0) is 26.2 Å². The van der Waals surface area contributed by atoms with Crippen molar-refractivity contribution >= 4 is 11.9 Å². The molecule has 1 rings (SSSR count). The third-order valence-electron chi connectivity index (χ3n) is 4.46. The van der Waals surface area contributed by atoms with Crippen molar-refractivity contribution in [3.05, 3.63) is 0 Å². The molecule has 5 heteroatoms. The molecule has 0 saturated heterocycles. The Labute approximate surface area is 142 Å². The van der Waals surface area contributed by atoms with Gasteiger partial charge in [0, 0.05) is 32.1 Å². The summed E-state index contributed by atoms with van der Waals surface area (Å²) in [6.07, 6.45) is 11.5. The van der Waals surface area contributed by atoms with Crippen LogP contribution in [0, 0.1) is 0 Å². The summed E-state index contributed by atoms with van der Waals surface area (Å²) in [4.78, 5) is 16.2. The average molecular weight is 325 g/mol. The fraction of sp³-hybridized carbons (Fsp3) is 0.889. The van der Waals surface area contributed by atoms with Gasteiger partial charge in [0.25, 0.3) is 0 Å². The van der Waals surface area contributed by atoms with Crippen LogP contribution in [0.15, 0.2) is 4.99 Å². The number of nitrogens with one attached hydrogen (secondary N) is 3. The van der Waals surface area contributed by atoms with Crippen LogP contribution < -0.4 is 16.0 Å². The van der Waals surface area contributed by atoms with E-state index in [-0.39, 0.29) is 5.91 Å². The van der Waals surface area contributed by atoms with E-state index >= 15 is 0 Å². The highest BCUT2D eigenvalue weighted by molar-refractivity contribution is 5.81. The van der Waals surface area contributed by atoms with Crippen LogP contribution in [0.1, 0.15) is 78.1 Å². The summed E-state index contributed by atoms with van der Waals surface area (Å²) in [7, 11) is 1.77. The number of hydrogen-bond donors (Lipinski definition) is 3. The number of hydrogen-bond acceptors (Lipinski definition) is 2. The van der Waals surface area contributed by atoms with Gasteiger partial charge in [-0.1, -0.05) is 45.4 Å². The number of amides is 1. The number of aliphatic imine (C=N–C) groups is 1. The molecular weight excluding hydrogens is 288 g/mol. The first-order valence-corrected chi connectivity index (χ1v) is 9.42. The van der Waals surface area contributed by atoms with Crippen molar-refractivity contribution in [2.24, 2.45) is 4.99 Å². The molecular formula is C18H36N4O. The quantitative estimate of drug-likeness (QED) is 0.347. The minimum atomic E-state index is 0.149. The van der Waals surface area contributed by atoms with E-state index in [1.165, 1.54) is 38.5 Å². The van der Waals surface area contributed by atoms with Gasteiger partial charge in [-0.25, -0.2) is 0 Å². The Morgan fingerprint density at radius 3 is 2.61 bits per heavy atom. The Balaban J connectivity index is 2.14. The zero-order valence-corrected chi connectivity index (χ0v) is 15.3. The Hall–Kier alpha value is -1.26. The van der Waals surface area contributed by atoms with Crippen LogP contribution in [0.25, 0.3) is 0 Å². The van der Waals surface area contributed by atoms with E-state index in [1.54, 1.807) is 7.05 Å². The van der Waals surface area contributed by atoms with E-state index in [0.29, 0.717) is 25.0 Å². The Morgan fingerprint density at radius 2 is 1.96 bits per heavy atom. The molecule has 0 aromatic rings. The maximum atomic E-state index is 12.0. The van der Waals surface area contributed by atoms with Crippen LogP contribution in [-0.2, 0) is 4.79 Å². The first-order chi connectivity index (χ1) is 11.2. The second-order valence-corrected chi connectivity index (χ2v) is 6.69. The smallest absolute Gasteiger partial charge is 0.221 e. The molecule has 1 saturated carbocycles. The minimum absolute atomic E-state index is 0.149. The SMILES string of the molecule is CCCCCC(C)NC(=NC)NCCC(=O)NC1CCCCC1. The van der Waals surface area contributed by atoms with Crippen molar-refractivity contribution in [3.8, 4) is 0 Å². The summed E-state index contributed by atoms with van der Waals surface area (Å²) >= 11 is 0. The van der Waals surface area contributed by atoms with E-state index in [1.807, 2.05) is 0 Å². The molecule has 5 nitrogen and oxygen atoms in total. The van der Waals surface area contributed by atoms with Crippen LogP contribution in [-0.4, -0.2) is 37.5 Å². The number of unbranched alkanes of at least 4 members (excludes halogenated alkanes) is 2. The lowest BCUT2D eigenvalue weighted by Gasteiger charge is -2.23. The van der Waals surface area contributed by atoms with Crippen molar-refractivity contribution in [2.75, 3.05) is 13.6 Å². The molecule has 0 aliphatic heterocycles. The molecule has 1 amide bonds. The third kappa shape index (κ3) is 9.47. The largest absolute Gasteiger partial charge is 0.356 e. The number of carbonyl (C=O) groups is 1. The highest BCUT2D eigenvalue weighted by Gasteiger charge is 2.15. The third-order valence-corrected chi connectivity index (χ3v) is 4.46. The van der Waals surface area contributed by atoms with Crippen LogP contribution in [0.2, 0.25) is 0 Å². The van der Waals surface area contributed by atoms with Gasteiger partial charge in [0.15, 0.2) is 5.96 Å². The maximum absolute atomic E-state index is 12.0. The molecule has 134 valence electrons. The summed E-state index contributed by atoms with van der Waals surface area (Å²) in [6, 6.07) is 0.802. The van der Waals surface area contributed by atoms with E-state index in [2.05, 4.69) is 34.8 Å². The molecule has 0 radical (unpaired) electrons. The molecule has 1 aliphatic carbocycles. The molecule has 23 heavy (non-hydrogen) atoms. The highest BCUT2D eigenvalue weighted by atomic mass is 16.1. The Bertz CT molecular complexity index is 351. The van der Waals surface area contributed by atoms with Gasteiger partial charge in [-0.2, -0.15) is 0 Å². The van der Waals surface area contributed by atoms with Crippen molar-refractivity contribution in [1.29, 1.82) is 0 Å². The zero-order chi connectivity index (χ0) is 16.9. The van der Waals surface area contributed by atoms with Gasteiger partial charge in [-0.15, -0.1) is 0 Å². The maximum Gasteiger partial charge on any atom is 0.221 e. The average Bonchev–Trinajstić information content (AvgIpc) is 2.55. The van der Waals surface area contributed by atoms with Gasteiger partial charge in [0.2, 0.25) is 5.91 Å². The highest BCUT2D eigenvalue weighted by Crippen LogP contribution is 2.17. The summed E-state index contributed by atoms with van der Waals surface area (Å²) in [5.74, 6) is 0.940. The fourth-order valence-electron chi connectivity index (χ4n) is 3.04. The van der Waals surface area contributed by atoms with Crippen molar-refractivity contribution < 1.29 is 4.79 Å². The van der Waals surface area contributed by atoms with Crippen molar-refractivity contribution in [2.45, 2.75) is 90.1 Å². The number of carbonyl (C=O) groups excluding carboxylic acids is 1. The molecule has 0 aromatic heterocycles. The van der Waals surface area contributed by atoms with Gasteiger partial charge in [0.1, 0.15) is 0 Å². The second kappa shape index (κ2) is 12.2. The molecule has 0 spiro atoms. The first kappa shape index (κ1) is 19.8. The van der Waals surface area contributed by atoms with Crippen molar-refractivity contribution in [1.82, 2.24) is 16.0 Å². The summed E-state index contributed by atoms with van der Waals surface area (Å²) in [5, 5.41) is 9.77. The zero-order valence-electron chi connectivity index (χ0n) is 15.3. The Kier molecular flexibility index (Phi) is 10.5. The number of rotatable bonds is 9. The lowest BCUT2D eigenvalue weighted by molar-refractivity contribution is -0.121. The minimum Gasteiger partial charge on any atom is -0.356 e. The van der Waals surface area contributed by atoms with Crippen molar-refractivity contribution in [3.63, 3.8) is 0 Å². The second-order valence-electron chi connectivity index (χ2n) is 6.69. The van der Waals surface area contributed by atoms with Gasteiger partial charge < -0.3 is 16.0 Å². The summed E-state index contributed by atoms with van der Waals surface area (Å²) in [6.45, 7) is 5.02. The molecule has 1 fully saturated rings. The number of nitrogens with zero attached hydrogens (tertiary/aromatic N) is 1. The predicted molar refractivity (Wildman–Crippen MR) is 97.7 cm³/mol. The Morgan fingerprint density at radius 1 is 1.22 bits per heavy atom. The normalized spacial score (nSPS) is 17.6. The van der Waals surface area contributed by atoms with E-state index in [9.17, 15) is 4.79 Å². The molecule has 0 heterocycles. The lowest BCUT2D eigenvalue weighted by atomic mass is 9.95. The molecule has 1 atom stereocenters. The summed E-state index contributed by atoms with van der Waals surface area (Å²) < 4.78 is 0. The fourth-order valence-corrected chi connectivity index (χ4v) is 3.04. The molecule has 1 aliphatic rings.